The predicted molar refractivity (Wildman–Crippen MR) is 97.3 cm³/mol. The lowest BCUT2D eigenvalue weighted by atomic mass is 10.0. The summed E-state index contributed by atoms with van der Waals surface area (Å²) in [6.45, 7) is 7.33. The highest BCUT2D eigenvalue weighted by atomic mass is 16.5. The molecule has 1 unspecified atom stereocenters. The number of benzene rings is 1. The average molecular weight is 333 g/mol. The van der Waals surface area contributed by atoms with Crippen molar-refractivity contribution in [3.63, 3.8) is 0 Å². The van der Waals surface area contributed by atoms with Gasteiger partial charge in [-0.05, 0) is 57.5 Å². The minimum atomic E-state index is 0.0529. The normalized spacial score (nSPS) is 16.8. The van der Waals surface area contributed by atoms with Gasteiger partial charge in [-0.15, -0.1) is 0 Å². The SMILES string of the molecule is COc1ccc(C(CNCC(=O)NC(C)C)N2CCCCC2)cc1. The number of nitrogens with zero attached hydrogens (tertiary/aromatic N) is 1. The summed E-state index contributed by atoms with van der Waals surface area (Å²) in [5.74, 6) is 0.928. The number of hydrogen-bond donors (Lipinski definition) is 2. The van der Waals surface area contributed by atoms with Gasteiger partial charge in [0.1, 0.15) is 5.75 Å². The van der Waals surface area contributed by atoms with Crippen molar-refractivity contribution < 1.29 is 9.53 Å². The Kier molecular flexibility index (Phi) is 7.53. The summed E-state index contributed by atoms with van der Waals surface area (Å²) < 4.78 is 5.26. The van der Waals surface area contributed by atoms with Gasteiger partial charge in [0.25, 0.3) is 0 Å². The minimum absolute atomic E-state index is 0.0529. The number of methoxy groups -OCH3 is 1. The Labute approximate surface area is 145 Å². The number of piperidine rings is 1. The first kappa shape index (κ1) is 18.7. The molecule has 1 amide bonds. The molecule has 0 bridgehead atoms. The molecule has 1 aromatic carbocycles. The number of carbonyl (C=O) groups excluding carboxylic acids is 1. The molecule has 5 nitrogen and oxygen atoms in total. The van der Waals surface area contributed by atoms with E-state index in [-0.39, 0.29) is 11.9 Å². The summed E-state index contributed by atoms with van der Waals surface area (Å²) in [4.78, 5) is 14.4. The van der Waals surface area contributed by atoms with Gasteiger partial charge in [0.05, 0.1) is 13.7 Å². The molecule has 0 saturated carbocycles. The maximum atomic E-state index is 11.8. The van der Waals surface area contributed by atoms with Gasteiger partial charge < -0.3 is 15.4 Å². The smallest absolute Gasteiger partial charge is 0.234 e. The Morgan fingerprint density at radius 3 is 2.42 bits per heavy atom. The molecule has 0 radical (unpaired) electrons. The molecule has 24 heavy (non-hydrogen) atoms. The fourth-order valence-electron chi connectivity index (χ4n) is 3.21. The predicted octanol–water partition coefficient (Wildman–Crippen LogP) is 2.34. The summed E-state index contributed by atoms with van der Waals surface area (Å²) in [5.41, 5.74) is 1.27. The second kappa shape index (κ2) is 9.64. The van der Waals surface area contributed by atoms with Gasteiger partial charge in [-0.1, -0.05) is 18.6 Å². The largest absolute Gasteiger partial charge is 0.497 e. The van der Waals surface area contributed by atoms with E-state index in [0.717, 1.165) is 25.4 Å². The van der Waals surface area contributed by atoms with Crippen LogP contribution in [-0.4, -0.2) is 50.1 Å². The summed E-state index contributed by atoms with van der Waals surface area (Å²) in [5, 5.41) is 6.25. The molecule has 0 aromatic heterocycles. The van der Waals surface area contributed by atoms with Crippen LogP contribution in [0.5, 0.6) is 5.75 Å². The molecule has 134 valence electrons. The molecule has 1 aromatic rings. The molecule has 2 N–H and O–H groups in total. The molecule has 1 heterocycles. The molecule has 1 fully saturated rings. The third-order valence-corrected chi connectivity index (χ3v) is 4.40. The molecule has 2 rings (SSSR count). The molecule has 5 heteroatoms. The van der Waals surface area contributed by atoms with Gasteiger partial charge in [-0.2, -0.15) is 0 Å². The van der Waals surface area contributed by atoms with Crippen LogP contribution in [0, 0.1) is 0 Å². The summed E-state index contributed by atoms with van der Waals surface area (Å²) in [7, 11) is 1.69. The van der Waals surface area contributed by atoms with Crippen LogP contribution < -0.4 is 15.4 Å². The molecular formula is C19H31N3O2. The Morgan fingerprint density at radius 2 is 1.83 bits per heavy atom. The van der Waals surface area contributed by atoms with E-state index in [9.17, 15) is 4.79 Å². The van der Waals surface area contributed by atoms with E-state index in [1.54, 1.807) is 7.11 Å². The lowest BCUT2D eigenvalue weighted by Gasteiger charge is -2.35. The van der Waals surface area contributed by atoms with Gasteiger partial charge in [0.2, 0.25) is 5.91 Å². The molecule has 1 aliphatic heterocycles. The van der Waals surface area contributed by atoms with E-state index in [0.29, 0.717) is 12.6 Å². The van der Waals surface area contributed by atoms with Crippen molar-refractivity contribution in [3.8, 4) is 5.75 Å². The zero-order chi connectivity index (χ0) is 17.4. The standard InChI is InChI=1S/C19H31N3O2/c1-15(2)21-19(23)14-20-13-18(22-11-5-4-6-12-22)16-7-9-17(24-3)10-8-16/h7-10,15,18,20H,4-6,11-14H2,1-3H3,(H,21,23). The van der Waals surface area contributed by atoms with Crippen molar-refractivity contribution >= 4 is 5.91 Å². The van der Waals surface area contributed by atoms with E-state index in [1.165, 1.54) is 24.8 Å². The molecule has 1 atom stereocenters. The van der Waals surface area contributed by atoms with Crippen LogP contribution in [-0.2, 0) is 4.79 Å². The molecular weight excluding hydrogens is 302 g/mol. The first-order valence-corrected chi connectivity index (χ1v) is 8.98. The van der Waals surface area contributed by atoms with Crippen LogP contribution in [0.3, 0.4) is 0 Å². The van der Waals surface area contributed by atoms with Crippen molar-refractivity contribution in [2.45, 2.75) is 45.2 Å². The van der Waals surface area contributed by atoms with Crippen LogP contribution >= 0.6 is 0 Å². The Morgan fingerprint density at radius 1 is 1.17 bits per heavy atom. The summed E-state index contributed by atoms with van der Waals surface area (Å²) >= 11 is 0. The maximum absolute atomic E-state index is 11.8. The number of likely N-dealkylation sites (tertiary alicyclic amines) is 1. The molecule has 1 aliphatic rings. The third-order valence-electron chi connectivity index (χ3n) is 4.40. The van der Waals surface area contributed by atoms with Gasteiger partial charge in [-0.3, -0.25) is 9.69 Å². The van der Waals surface area contributed by atoms with Crippen molar-refractivity contribution in [3.05, 3.63) is 29.8 Å². The first-order chi connectivity index (χ1) is 11.6. The van der Waals surface area contributed by atoms with Crippen molar-refractivity contribution in [1.29, 1.82) is 0 Å². The van der Waals surface area contributed by atoms with Crippen molar-refractivity contribution in [1.82, 2.24) is 15.5 Å². The lowest BCUT2D eigenvalue weighted by Crippen LogP contribution is -2.43. The number of amides is 1. The number of ether oxygens (including phenoxy) is 1. The van der Waals surface area contributed by atoms with E-state index in [2.05, 4.69) is 27.7 Å². The summed E-state index contributed by atoms with van der Waals surface area (Å²) in [6, 6.07) is 8.76. The molecule has 0 spiro atoms. The fourth-order valence-corrected chi connectivity index (χ4v) is 3.21. The Hall–Kier alpha value is -1.59. The average Bonchev–Trinajstić information content (AvgIpc) is 2.59. The van der Waals surface area contributed by atoms with Gasteiger partial charge in [0.15, 0.2) is 0 Å². The summed E-state index contributed by atoms with van der Waals surface area (Å²) in [6.07, 6.45) is 3.82. The number of carbonyl (C=O) groups is 1. The van der Waals surface area contributed by atoms with E-state index >= 15 is 0 Å². The highest BCUT2D eigenvalue weighted by Gasteiger charge is 2.22. The zero-order valence-electron chi connectivity index (χ0n) is 15.2. The first-order valence-electron chi connectivity index (χ1n) is 8.98. The highest BCUT2D eigenvalue weighted by Crippen LogP contribution is 2.25. The van der Waals surface area contributed by atoms with Gasteiger partial charge in [0, 0.05) is 18.6 Å². The van der Waals surface area contributed by atoms with Crippen LogP contribution in [0.4, 0.5) is 0 Å². The maximum Gasteiger partial charge on any atom is 0.234 e. The number of rotatable bonds is 8. The second-order valence-electron chi connectivity index (χ2n) is 6.74. The second-order valence-corrected chi connectivity index (χ2v) is 6.74. The lowest BCUT2D eigenvalue weighted by molar-refractivity contribution is -0.120. The van der Waals surface area contributed by atoms with Gasteiger partial charge >= 0.3 is 0 Å². The van der Waals surface area contributed by atoms with Crippen molar-refractivity contribution in [2.24, 2.45) is 0 Å². The van der Waals surface area contributed by atoms with Crippen LogP contribution in [0.1, 0.15) is 44.7 Å². The van der Waals surface area contributed by atoms with E-state index in [4.69, 9.17) is 4.74 Å². The number of nitrogens with one attached hydrogen (secondary N) is 2. The topological polar surface area (TPSA) is 53.6 Å². The quantitative estimate of drug-likeness (QED) is 0.767. The van der Waals surface area contributed by atoms with Crippen LogP contribution in [0.25, 0.3) is 0 Å². The monoisotopic (exact) mass is 333 g/mol. The number of hydrogen-bond acceptors (Lipinski definition) is 4. The minimum Gasteiger partial charge on any atom is -0.497 e. The van der Waals surface area contributed by atoms with Crippen LogP contribution in [0.2, 0.25) is 0 Å². The van der Waals surface area contributed by atoms with Crippen molar-refractivity contribution in [2.75, 3.05) is 33.3 Å². The van der Waals surface area contributed by atoms with E-state index in [1.807, 2.05) is 26.0 Å². The van der Waals surface area contributed by atoms with Crippen LogP contribution in [0.15, 0.2) is 24.3 Å². The zero-order valence-corrected chi connectivity index (χ0v) is 15.2. The fraction of sp³-hybridized carbons (Fsp3) is 0.632. The molecule has 0 aliphatic carbocycles. The Bertz CT molecular complexity index is 496. The Balaban J connectivity index is 1.98. The highest BCUT2D eigenvalue weighted by molar-refractivity contribution is 5.78. The molecule has 1 saturated heterocycles. The van der Waals surface area contributed by atoms with E-state index < -0.39 is 0 Å². The third kappa shape index (κ3) is 5.80. The van der Waals surface area contributed by atoms with Gasteiger partial charge in [-0.25, -0.2) is 0 Å².